The second-order valence-corrected chi connectivity index (χ2v) is 2.32. The van der Waals surface area contributed by atoms with Gasteiger partial charge < -0.3 is 0 Å². The lowest BCUT2D eigenvalue weighted by Crippen LogP contribution is -1.74. The van der Waals surface area contributed by atoms with E-state index in [1.165, 1.54) is 0 Å². The Morgan fingerprint density at radius 1 is 1.57 bits per heavy atom. The summed E-state index contributed by atoms with van der Waals surface area (Å²) in [7, 11) is 0. The summed E-state index contributed by atoms with van der Waals surface area (Å²) in [5.41, 5.74) is 0. The molecule has 0 nitrogen and oxygen atoms in total. The molecule has 0 bridgehead atoms. The van der Waals surface area contributed by atoms with Crippen LogP contribution in [0.3, 0.4) is 0 Å². The van der Waals surface area contributed by atoms with E-state index in [1.807, 2.05) is 0 Å². The van der Waals surface area contributed by atoms with Crippen molar-refractivity contribution in [3.8, 4) is 0 Å². The van der Waals surface area contributed by atoms with Crippen molar-refractivity contribution in [2.24, 2.45) is 0 Å². The van der Waals surface area contributed by atoms with Gasteiger partial charge in [-0.15, -0.1) is 23.2 Å². The number of halogens is 4. The molecule has 0 N–H and O–H groups in total. The topological polar surface area (TPSA) is 0 Å². The Balaban J connectivity index is 3.45. The molecule has 0 spiro atoms. The van der Waals surface area contributed by atoms with Crippen molar-refractivity contribution in [3.63, 3.8) is 0 Å². The van der Waals surface area contributed by atoms with Gasteiger partial charge in [-0.1, -0.05) is 11.6 Å². The van der Waals surface area contributed by atoms with Crippen LogP contribution >= 0.6 is 34.8 Å². The number of alkyl halides is 2. The number of allylic oxidation sites excluding steroid dienone is 1. The Labute approximate surface area is 55.9 Å². The van der Waals surface area contributed by atoms with E-state index in [2.05, 4.69) is 0 Å². The van der Waals surface area contributed by atoms with Gasteiger partial charge in [0.1, 0.15) is 4.84 Å². The van der Waals surface area contributed by atoms with Gasteiger partial charge in [0.15, 0.2) is 5.29 Å². The molecule has 0 heterocycles. The van der Waals surface area contributed by atoms with Gasteiger partial charge in [-0.05, 0) is 6.08 Å². The summed E-state index contributed by atoms with van der Waals surface area (Å²) in [5, 5.41) is -0.880. The third kappa shape index (κ3) is 6.54. The molecule has 0 fully saturated rings. The van der Waals surface area contributed by atoms with E-state index < -0.39 is 10.1 Å². The van der Waals surface area contributed by atoms with Crippen LogP contribution in [-0.4, -0.2) is 4.84 Å². The quantitative estimate of drug-likeness (QED) is 0.522. The minimum absolute atomic E-state index is 0.850. The van der Waals surface area contributed by atoms with Crippen LogP contribution in [-0.2, 0) is 0 Å². The average Bonchev–Trinajstić information content (AvgIpc) is 1.27. The highest BCUT2D eigenvalue weighted by Gasteiger charge is 1.92. The molecule has 7 heavy (non-hydrogen) atoms. The largest absolute Gasteiger partial charge is 0.194 e. The van der Waals surface area contributed by atoms with Crippen LogP contribution in [0.25, 0.3) is 0 Å². The first kappa shape index (κ1) is 7.54. The highest BCUT2D eigenvalue weighted by atomic mass is 35.5. The normalized spacial score (nSPS) is 13.0. The molecule has 42 valence electrons. The first-order chi connectivity index (χ1) is 3.13. The second kappa shape index (κ2) is 3.53. The van der Waals surface area contributed by atoms with Crippen molar-refractivity contribution >= 4 is 34.8 Å². The Morgan fingerprint density at radius 3 is 2.00 bits per heavy atom. The van der Waals surface area contributed by atoms with Crippen molar-refractivity contribution in [1.82, 2.24) is 0 Å². The minimum Gasteiger partial charge on any atom is -0.194 e. The summed E-state index contributed by atoms with van der Waals surface area (Å²) in [4.78, 5) is -0.850. The van der Waals surface area contributed by atoms with Gasteiger partial charge in [0.25, 0.3) is 0 Å². The maximum atomic E-state index is 11.4. The molecular weight excluding hydrogens is 161 g/mol. The minimum atomic E-state index is -0.880. The van der Waals surface area contributed by atoms with Gasteiger partial charge in [0.05, 0.1) is 0 Å². The Bertz CT molecular complexity index is 74.2. The first-order valence-electron chi connectivity index (χ1n) is 1.44. The fourth-order valence-electron chi connectivity index (χ4n) is 0.0952. The van der Waals surface area contributed by atoms with Crippen LogP contribution in [0.2, 0.25) is 0 Å². The van der Waals surface area contributed by atoms with Crippen LogP contribution < -0.4 is 0 Å². The Hall–Kier alpha value is 0.540. The van der Waals surface area contributed by atoms with Gasteiger partial charge in [0, 0.05) is 0 Å². The smallest absolute Gasteiger partial charge is 0.187 e. The van der Waals surface area contributed by atoms with Crippen molar-refractivity contribution in [1.29, 1.82) is 0 Å². The summed E-state index contributed by atoms with van der Waals surface area (Å²) in [6.07, 6.45) is 0.880. The second-order valence-electron chi connectivity index (χ2n) is 0.791. The molecule has 0 aliphatic carbocycles. The van der Waals surface area contributed by atoms with Gasteiger partial charge in [-0.25, -0.2) is 0 Å². The van der Waals surface area contributed by atoms with E-state index in [9.17, 15) is 4.39 Å². The van der Waals surface area contributed by atoms with Gasteiger partial charge in [-0.2, -0.15) is 4.39 Å². The van der Waals surface area contributed by atoms with Crippen LogP contribution in [0.4, 0.5) is 4.39 Å². The highest BCUT2D eigenvalue weighted by Crippen LogP contribution is 2.10. The van der Waals surface area contributed by atoms with Crippen molar-refractivity contribution < 1.29 is 4.39 Å². The van der Waals surface area contributed by atoms with E-state index >= 15 is 0 Å². The Kier molecular flexibility index (Phi) is 3.80. The molecule has 0 saturated carbocycles. The number of rotatable bonds is 1. The fraction of sp³-hybridized carbons (Fsp3) is 0.333. The third-order valence-electron chi connectivity index (χ3n) is 0.252. The van der Waals surface area contributed by atoms with Crippen LogP contribution in [0.5, 0.6) is 0 Å². The first-order valence-corrected chi connectivity index (χ1v) is 2.69. The number of hydrogen-bond donors (Lipinski definition) is 0. The van der Waals surface area contributed by atoms with Crippen LogP contribution in [0.15, 0.2) is 11.4 Å². The van der Waals surface area contributed by atoms with E-state index in [1.54, 1.807) is 0 Å². The van der Waals surface area contributed by atoms with Crippen LogP contribution in [0, 0.1) is 0 Å². The summed E-state index contributed by atoms with van der Waals surface area (Å²) in [6.45, 7) is 0. The molecule has 0 saturated heterocycles. The molecule has 0 aliphatic rings. The van der Waals surface area contributed by atoms with E-state index in [4.69, 9.17) is 34.8 Å². The van der Waals surface area contributed by atoms with Crippen LogP contribution in [0.1, 0.15) is 0 Å². The van der Waals surface area contributed by atoms with E-state index in [0.717, 1.165) is 6.08 Å². The molecule has 0 amide bonds. The zero-order chi connectivity index (χ0) is 5.86. The lowest BCUT2D eigenvalue weighted by Gasteiger charge is -1.83. The molecular formula is C3H2Cl3F. The summed E-state index contributed by atoms with van der Waals surface area (Å²) in [5.74, 6) is 0. The maximum Gasteiger partial charge on any atom is 0.187 e. The Morgan fingerprint density at radius 2 is 2.00 bits per heavy atom. The SMILES string of the molecule is FC(Cl)=CC(Cl)Cl. The van der Waals surface area contributed by atoms with Gasteiger partial charge in [0.2, 0.25) is 0 Å². The number of hydrogen-bond acceptors (Lipinski definition) is 0. The predicted molar refractivity (Wildman–Crippen MR) is 30.5 cm³/mol. The van der Waals surface area contributed by atoms with E-state index in [0.29, 0.717) is 0 Å². The zero-order valence-corrected chi connectivity index (χ0v) is 5.43. The van der Waals surface area contributed by atoms with Crippen molar-refractivity contribution in [3.05, 3.63) is 11.4 Å². The molecule has 0 atom stereocenters. The summed E-state index contributed by atoms with van der Waals surface area (Å²) < 4.78 is 11.4. The lowest BCUT2D eigenvalue weighted by atomic mass is 10.7. The molecule has 0 aromatic carbocycles. The molecule has 0 radical (unpaired) electrons. The predicted octanol–water partition coefficient (Wildman–Crippen LogP) is 2.84. The maximum absolute atomic E-state index is 11.4. The molecule has 4 heteroatoms. The van der Waals surface area contributed by atoms with Crippen molar-refractivity contribution in [2.45, 2.75) is 4.84 Å². The molecule has 0 unspecified atom stereocenters. The summed E-state index contributed by atoms with van der Waals surface area (Å²) in [6, 6.07) is 0. The molecule has 0 aromatic rings. The molecule has 0 aromatic heterocycles. The monoisotopic (exact) mass is 162 g/mol. The van der Waals surface area contributed by atoms with E-state index in [-0.39, 0.29) is 0 Å². The van der Waals surface area contributed by atoms with Crippen molar-refractivity contribution in [2.75, 3.05) is 0 Å². The highest BCUT2D eigenvalue weighted by molar-refractivity contribution is 6.46. The third-order valence-corrected chi connectivity index (χ3v) is 0.630. The lowest BCUT2D eigenvalue weighted by molar-refractivity contribution is 0.692. The standard InChI is InChI=1S/C3H2Cl3F/c4-2(5)1-3(6)7/h1-2H. The van der Waals surface area contributed by atoms with Gasteiger partial charge in [-0.3, -0.25) is 0 Å². The average molecular weight is 163 g/mol. The summed E-state index contributed by atoms with van der Waals surface area (Å²) >= 11 is 14.8. The molecule has 0 aliphatic heterocycles. The fourth-order valence-corrected chi connectivity index (χ4v) is 0.571. The zero-order valence-electron chi connectivity index (χ0n) is 3.17. The molecule has 0 rings (SSSR count). The van der Waals surface area contributed by atoms with Gasteiger partial charge >= 0.3 is 0 Å².